The Bertz CT molecular complexity index is 1610. The van der Waals surface area contributed by atoms with E-state index in [-0.39, 0.29) is 35.3 Å². The van der Waals surface area contributed by atoms with E-state index >= 15 is 0 Å². The van der Waals surface area contributed by atoms with Crippen molar-refractivity contribution in [2.24, 2.45) is 29.1 Å². The number of carbonyl (C=O) groups is 1. The van der Waals surface area contributed by atoms with Crippen LogP contribution >= 0.6 is 11.6 Å². The second-order valence-corrected chi connectivity index (χ2v) is 17.6. The van der Waals surface area contributed by atoms with Crippen molar-refractivity contribution >= 4 is 33.2 Å². The van der Waals surface area contributed by atoms with Crippen LogP contribution in [0, 0.1) is 29.1 Å². The Hall–Kier alpha value is -2.37. The summed E-state index contributed by atoms with van der Waals surface area (Å²) < 4.78 is 48.4. The van der Waals surface area contributed by atoms with Gasteiger partial charge in [0.25, 0.3) is 5.91 Å². The molecule has 48 heavy (non-hydrogen) atoms. The molecule has 0 aromatic heterocycles. The van der Waals surface area contributed by atoms with Crippen LogP contribution in [0.4, 0.5) is 5.69 Å². The van der Waals surface area contributed by atoms with Gasteiger partial charge in [-0.25, -0.2) is 13.1 Å². The van der Waals surface area contributed by atoms with Crippen LogP contribution in [0.5, 0.6) is 5.75 Å². The van der Waals surface area contributed by atoms with Crippen LogP contribution in [0.1, 0.15) is 73.4 Å². The Balaban J connectivity index is 1.22. The van der Waals surface area contributed by atoms with Crippen molar-refractivity contribution in [3.8, 4) is 5.75 Å². The first-order valence-electron chi connectivity index (χ1n) is 17.7. The molecule has 7 rings (SSSR count). The number of benzene rings is 2. The number of amides is 1. The van der Waals surface area contributed by atoms with Crippen molar-refractivity contribution in [3.63, 3.8) is 0 Å². The lowest BCUT2D eigenvalue weighted by Crippen LogP contribution is -2.50. The van der Waals surface area contributed by atoms with Gasteiger partial charge in [-0.15, -0.1) is 0 Å². The molecule has 1 saturated heterocycles. The molecule has 11 heteroatoms. The maximum atomic E-state index is 13.5. The Morgan fingerprint density at radius 3 is 2.56 bits per heavy atom. The second kappa shape index (κ2) is 13.7. The number of nitrogens with one attached hydrogen (secondary N) is 1. The van der Waals surface area contributed by atoms with Crippen molar-refractivity contribution < 1.29 is 27.4 Å². The van der Waals surface area contributed by atoms with Gasteiger partial charge in [-0.3, -0.25) is 4.79 Å². The number of sulfonamides is 1. The second-order valence-electron chi connectivity index (χ2n) is 15.4. The summed E-state index contributed by atoms with van der Waals surface area (Å²) in [7, 11) is 0.305. The van der Waals surface area contributed by atoms with Crippen molar-refractivity contribution in [3.05, 3.63) is 58.1 Å². The Morgan fingerprint density at radius 1 is 1.00 bits per heavy atom. The first kappa shape index (κ1) is 34.1. The third-order valence-corrected chi connectivity index (χ3v) is 13.5. The van der Waals surface area contributed by atoms with Crippen molar-refractivity contribution in [2.75, 3.05) is 51.1 Å². The van der Waals surface area contributed by atoms with Gasteiger partial charge in [0.15, 0.2) is 6.29 Å². The number of hydrogen-bond donors (Lipinski definition) is 1. The molecule has 2 saturated carbocycles. The Labute approximate surface area is 290 Å². The Kier molecular flexibility index (Phi) is 9.76. The first-order valence-corrected chi connectivity index (χ1v) is 19.7. The molecule has 1 unspecified atom stereocenters. The van der Waals surface area contributed by atoms with Crippen molar-refractivity contribution in [1.82, 2.24) is 9.62 Å². The number of fused-ring (bicyclic) bond motifs is 4. The topological polar surface area (TPSA) is 97.4 Å². The van der Waals surface area contributed by atoms with Crippen LogP contribution < -0.4 is 14.4 Å². The van der Waals surface area contributed by atoms with E-state index in [9.17, 15) is 13.2 Å². The summed E-state index contributed by atoms with van der Waals surface area (Å²) in [6.07, 6.45) is 7.55. The highest BCUT2D eigenvalue weighted by Crippen LogP contribution is 2.58. The smallest absolute Gasteiger partial charge is 0.264 e. The van der Waals surface area contributed by atoms with Crippen molar-refractivity contribution in [2.45, 2.75) is 77.2 Å². The highest BCUT2D eigenvalue weighted by Gasteiger charge is 2.53. The van der Waals surface area contributed by atoms with Crippen LogP contribution in [-0.4, -0.2) is 77.7 Å². The van der Waals surface area contributed by atoms with E-state index in [2.05, 4.69) is 35.5 Å². The molecule has 3 heterocycles. The molecule has 2 bridgehead atoms. The van der Waals surface area contributed by atoms with Gasteiger partial charge in [-0.2, -0.15) is 0 Å². The molecule has 5 atom stereocenters. The number of rotatable bonds is 2. The van der Waals surface area contributed by atoms with Crippen molar-refractivity contribution in [1.29, 1.82) is 0 Å². The molecule has 1 N–H and O–H groups in total. The van der Waals surface area contributed by atoms with E-state index in [1.54, 1.807) is 6.07 Å². The zero-order valence-corrected chi connectivity index (χ0v) is 30.0. The van der Waals surface area contributed by atoms with Crippen LogP contribution in [0.2, 0.25) is 5.02 Å². The van der Waals surface area contributed by atoms with Gasteiger partial charge in [0.1, 0.15) is 12.4 Å². The van der Waals surface area contributed by atoms with E-state index in [4.69, 9.17) is 25.8 Å². The van der Waals surface area contributed by atoms with Crippen LogP contribution in [0.15, 0.2) is 36.4 Å². The quantitative estimate of drug-likeness (QED) is 0.415. The number of anilines is 1. The first-order chi connectivity index (χ1) is 23.0. The summed E-state index contributed by atoms with van der Waals surface area (Å²) in [5.74, 6) is 1.18. The average Bonchev–Trinajstić information content (AvgIpc) is 3.68. The summed E-state index contributed by atoms with van der Waals surface area (Å²) in [6.45, 7) is 5.50. The zero-order chi connectivity index (χ0) is 33.6. The summed E-state index contributed by atoms with van der Waals surface area (Å²) in [6, 6.07) is 11.5. The van der Waals surface area contributed by atoms with E-state index in [0.717, 1.165) is 80.7 Å². The molecule has 2 aromatic rings. The summed E-state index contributed by atoms with van der Waals surface area (Å²) in [5.41, 5.74) is 3.38. The van der Waals surface area contributed by atoms with Crippen LogP contribution in [0.3, 0.4) is 0 Å². The zero-order valence-electron chi connectivity index (χ0n) is 28.5. The summed E-state index contributed by atoms with van der Waals surface area (Å²) in [5, 5.41) is 0.722. The minimum Gasteiger partial charge on any atom is -0.487 e. The fourth-order valence-corrected chi connectivity index (χ4v) is 10.2. The van der Waals surface area contributed by atoms with Crippen LogP contribution in [0.25, 0.3) is 0 Å². The van der Waals surface area contributed by atoms with Gasteiger partial charge in [0.2, 0.25) is 10.0 Å². The molecular weight excluding hydrogens is 650 g/mol. The molecule has 2 aromatic carbocycles. The molecule has 3 aliphatic heterocycles. The van der Waals surface area contributed by atoms with E-state index < -0.39 is 15.9 Å². The highest BCUT2D eigenvalue weighted by atomic mass is 35.5. The minimum atomic E-state index is -3.82. The minimum absolute atomic E-state index is 0.0222. The maximum Gasteiger partial charge on any atom is 0.264 e. The average molecular weight is 700 g/mol. The predicted molar refractivity (Wildman–Crippen MR) is 187 cm³/mol. The fourth-order valence-electron chi connectivity index (χ4n) is 8.43. The fraction of sp³-hybridized carbons (Fsp3) is 0.649. The maximum absolute atomic E-state index is 13.5. The number of carbonyl (C=O) groups excluding carboxylic acids is 1. The molecule has 262 valence electrons. The SMILES string of the molecule is CN(C)C1COC([C@H]2CCC3(C)C[C@@H]3CS(=O)(=O)NC(=O)c3ccc4c(c3)N(CCCCc3cc(Cl)ccc3CO4)C[C@@H]3CC[C@H]32)OC1. The van der Waals surface area contributed by atoms with Gasteiger partial charge in [-0.1, -0.05) is 24.6 Å². The van der Waals surface area contributed by atoms with Gasteiger partial charge in [0.05, 0.1) is 30.7 Å². The standard InChI is InChI=1S/C37H50ClN3O6S/c1-37-14-13-32(36-46-21-30(22-47-36)40(2)3)31-11-8-26(31)19-41-15-5-4-6-24-16-29(38)10-7-27(24)20-45-34-12-9-25(17-33(34)41)35(42)39-48(43,44)23-28(37)18-37/h7,9-10,12,16-17,26,28,30-32,36H,4-6,8,11,13-15,18-23H2,1-3H3,(H,39,42)/t26-,28+,30?,31+,32-,36?,37?/m0/s1. The highest BCUT2D eigenvalue weighted by molar-refractivity contribution is 7.90. The number of likely N-dealkylation sites (N-methyl/N-ethyl adjacent to an activating group) is 1. The third kappa shape index (κ3) is 7.38. The van der Waals surface area contributed by atoms with Gasteiger partial charge < -0.3 is 24.0 Å². The molecule has 2 aliphatic carbocycles. The normalized spacial score (nSPS) is 33.9. The molecule has 1 amide bonds. The summed E-state index contributed by atoms with van der Waals surface area (Å²) in [4.78, 5) is 18.0. The monoisotopic (exact) mass is 699 g/mol. The predicted octanol–water partition coefficient (Wildman–Crippen LogP) is 5.89. The number of nitrogens with zero attached hydrogens (tertiary/aromatic N) is 2. The van der Waals surface area contributed by atoms with E-state index in [0.29, 0.717) is 43.0 Å². The molecule has 3 fully saturated rings. The molecule has 0 spiro atoms. The van der Waals surface area contributed by atoms with E-state index in [1.165, 1.54) is 5.56 Å². The van der Waals surface area contributed by atoms with Crippen LogP contribution in [-0.2, 0) is 32.5 Å². The third-order valence-electron chi connectivity index (χ3n) is 12.0. The number of aryl methyl sites for hydroxylation is 1. The number of ether oxygens (including phenoxy) is 3. The Morgan fingerprint density at radius 2 is 1.81 bits per heavy atom. The lowest BCUT2D eigenvalue weighted by Gasteiger charge is -2.48. The molecular formula is C37H50ClN3O6S. The molecule has 0 radical (unpaired) electrons. The van der Waals surface area contributed by atoms with Gasteiger partial charge >= 0.3 is 0 Å². The largest absolute Gasteiger partial charge is 0.487 e. The van der Waals surface area contributed by atoms with E-state index in [1.807, 2.05) is 30.3 Å². The van der Waals surface area contributed by atoms with Gasteiger partial charge in [-0.05, 0) is 130 Å². The number of hydrogen-bond acceptors (Lipinski definition) is 8. The number of halogens is 1. The molecule has 5 aliphatic rings. The summed E-state index contributed by atoms with van der Waals surface area (Å²) >= 11 is 6.37. The molecule has 9 nitrogen and oxygen atoms in total. The lowest BCUT2D eigenvalue weighted by molar-refractivity contribution is -0.241. The van der Waals surface area contributed by atoms with Gasteiger partial charge in [0, 0.05) is 29.6 Å². The lowest BCUT2D eigenvalue weighted by atomic mass is 9.64.